The molecule has 0 saturated heterocycles. The molecule has 1 aliphatic rings. The van der Waals surface area contributed by atoms with E-state index in [-0.39, 0.29) is 0 Å². The molecule has 1 aromatic carbocycles. The van der Waals surface area contributed by atoms with Gasteiger partial charge >= 0.3 is 11.9 Å². The second kappa shape index (κ2) is 8.50. The summed E-state index contributed by atoms with van der Waals surface area (Å²) < 4.78 is 9.94. The maximum absolute atomic E-state index is 12.5. The zero-order valence-corrected chi connectivity index (χ0v) is 15.9. The molecular formula is C21H30O4. The summed E-state index contributed by atoms with van der Waals surface area (Å²) in [6.45, 7) is 4.36. The SMILES string of the molecule is CCCCc1cc(CCCC)c2c(c1)CC(C(=O)OC)(C(=O)OC)C2. The Kier molecular flexibility index (Phi) is 6.63. The van der Waals surface area contributed by atoms with E-state index in [1.165, 1.54) is 25.3 Å². The van der Waals surface area contributed by atoms with Crippen LogP contribution in [-0.2, 0) is 44.7 Å². The van der Waals surface area contributed by atoms with Gasteiger partial charge in [-0.25, -0.2) is 0 Å². The standard InChI is InChI=1S/C21H30O4/c1-5-7-9-15-11-16(10-8-6-2)18-14-21(19(22)24-3,20(23)25-4)13-17(18)12-15/h11-12H,5-10,13-14H2,1-4H3. The Labute approximate surface area is 150 Å². The summed E-state index contributed by atoms with van der Waals surface area (Å²) >= 11 is 0. The van der Waals surface area contributed by atoms with Crippen molar-refractivity contribution in [3.63, 3.8) is 0 Å². The van der Waals surface area contributed by atoms with Crippen molar-refractivity contribution in [1.29, 1.82) is 0 Å². The topological polar surface area (TPSA) is 52.6 Å². The second-order valence-corrected chi connectivity index (χ2v) is 7.02. The van der Waals surface area contributed by atoms with E-state index >= 15 is 0 Å². The lowest BCUT2D eigenvalue weighted by Crippen LogP contribution is -2.42. The Morgan fingerprint density at radius 2 is 1.56 bits per heavy atom. The van der Waals surface area contributed by atoms with Crippen molar-refractivity contribution in [2.24, 2.45) is 5.41 Å². The minimum atomic E-state index is -1.23. The van der Waals surface area contributed by atoms with Crippen molar-refractivity contribution in [2.45, 2.75) is 65.2 Å². The van der Waals surface area contributed by atoms with Crippen molar-refractivity contribution in [2.75, 3.05) is 14.2 Å². The number of aryl methyl sites for hydroxylation is 2. The normalized spacial score (nSPS) is 14.9. The van der Waals surface area contributed by atoms with Gasteiger partial charge in [0.1, 0.15) is 0 Å². The van der Waals surface area contributed by atoms with E-state index in [0.29, 0.717) is 12.8 Å². The van der Waals surface area contributed by atoms with Crippen LogP contribution in [0, 0.1) is 5.41 Å². The highest BCUT2D eigenvalue weighted by molar-refractivity contribution is 6.01. The molecular weight excluding hydrogens is 316 g/mol. The molecule has 0 fully saturated rings. The summed E-state index contributed by atoms with van der Waals surface area (Å²) in [5, 5.41) is 0. The van der Waals surface area contributed by atoms with E-state index in [0.717, 1.165) is 49.7 Å². The van der Waals surface area contributed by atoms with E-state index in [9.17, 15) is 9.59 Å². The van der Waals surface area contributed by atoms with Crippen LogP contribution in [0.25, 0.3) is 0 Å². The monoisotopic (exact) mass is 346 g/mol. The summed E-state index contributed by atoms with van der Waals surface area (Å²) in [6, 6.07) is 4.45. The number of unbranched alkanes of at least 4 members (excludes halogenated alkanes) is 2. The van der Waals surface area contributed by atoms with Crippen molar-refractivity contribution in [3.8, 4) is 0 Å². The molecule has 0 aliphatic heterocycles. The highest BCUT2D eigenvalue weighted by atomic mass is 16.5. The van der Waals surface area contributed by atoms with Crippen LogP contribution in [0.2, 0.25) is 0 Å². The smallest absolute Gasteiger partial charge is 0.323 e. The number of hydrogen-bond acceptors (Lipinski definition) is 4. The van der Waals surface area contributed by atoms with E-state index < -0.39 is 17.4 Å². The maximum Gasteiger partial charge on any atom is 0.323 e. The Morgan fingerprint density at radius 1 is 0.960 bits per heavy atom. The third-order valence-electron chi connectivity index (χ3n) is 5.24. The van der Waals surface area contributed by atoms with Gasteiger partial charge in [0.2, 0.25) is 0 Å². The van der Waals surface area contributed by atoms with Crippen molar-refractivity contribution >= 4 is 11.9 Å². The van der Waals surface area contributed by atoms with Gasteiger partial charge in [0, 0.05) is 6.42 Å². The number of rotatable bonds is 8. The molecule has 4 heteroatoms. The lowest BCUT2D eigenvalue weighted by molar-refractivity contribution is -0.168. The minimum Gasteiger partial charge on any atom is -0.468 e. The van der Waals surface area contributed by atoms with Gasteiger partial charge in [0.15, 0.2) is 5.41 Å². The molecule has 0 unspecified atom stereocenters. The van der Waals surface area contributed by atoms with Gasteiger partial charge in [0.25, 0.3) is 0 Å². The summed E-state index contributed by atoms with van der Waals surface area (Å²) in [4.78, 5) is 24.9. The van der Waals surface area contributed by atoms with Crippen LogP contribution in [0.15, 0.2) is 12.1 Å². The predicted octanol–water partition coefficient (Wildman–Crippen LogP) is 3.80. The Hall–Kier alpha value is -1.84. The average Bonchev–Trinajstić information content (AvgIpc) is 3.03. The fraction of sp³-hybridized carbons (Fsp3) is 0.619. The zero-order chi connectivity index (χ0) is 18.4. The van der Waals surface area contributed by atoms with Crippen molar-refractivity contribution in [1.82, 2.24) is 0 Å². The van der Waals surface area contributed by atoms with Crippen LogP contribution >= 0.6 is 0 Å². The van der Waals surface area contributed by atoms with E-state index in [2.05, 4.69) is 26.0 Å². The highest BCUT2D eigenvalue weighted by Gasteiger charge is 2.53. The van der Waals surface area contributed by atoms with Crippen molar-refractivity contribution < 1.29 is 19.1 Å². The average molecular weight is 346 g/mol. The zero-order valence-electron chi connectivity index (χ0n) is 15.9. The van der Waals surface area contributed by atoms with Gasteiger partial charge < -0.3 is 9.47 Å². The Balaban J connectivity index is 2.44. The maximum atomic E-state index is 12.5. The number of esters is 2. The van der Waals surface area contributed by atoms with E-state index in [4.69, 9.17) is 9.47 Å². The fourth-order valence-corrected chi connectivity index (χ4v) is 3.82. The molecule has 0 bridgehead atoms. The summed E-state index contributed by atoms with van der Waals surface area (Å²) in [7, 11) is 2.67. The van der Waals surface area contributed by atoms with Gasteiger partial charge in [-0.05, 0) is 54.4 Å². The summed E-state index contributed by atoms with van der Waals surface area (Å²) in [5.41, 5.74) is 3.60. The first-order valence-electron chi connectivity index (χ1n) is 9.32. The third-order valence-corrected chi connectivity index (χ3v) is 5.24. The van der Waals surface area contributed by atoms with E-state index in [1.54, 1.807) is 0 Å². The molecule has 0 saturated carbocycles. The van der Waals surface area contributed by atoms with Crippen LogP contribution in [0.1, 0.15) is 61.8 Å². The van der Waals surface area contributed by atoms with Crippen molar-refractivity contribution in [3.05, 3.63) is 34.4 Å². The number of carbonyl (C=O) groups excluding carboxylic acids is 2. The lowest BCUT2D eigenvalue weighted by Gasteiger charge is -2.22. The lowest BCUT2D eigenvalue weighted by atomic mass is 9.84. The predicted molar refractivity (Wildman–Crippen MR) is 97.5 cm³/mol. The molecule has 138 valence electrons. The first-order valence-corrected chi connectivity index (χ1v) is 9.32. The van der Waals surface area contributed by atoms with Gasteiger partial charge in [-0.2, -0.15) is 0 Å². The van der Waals surface area contributed by atoms with Crippen LogP contribution < -0.4 is 0 Å². The molecule has 0 amide bonds. The van der Waals surface area contributed by atoms with Crippen LogP contribution in [0.4, 0.5) is 0 Å². The second-order valence-electron chi connectivity index (χ2n) is 7.02. The first-order chi connectivity index (χ1) is 12.0. The molecule has 4 nitrogen and oxygen atoms in total. The molecule has 0 radical (unpaired) electrons. The third kappa shape index (κ3) is 3.88. The number of benzene rings is 1. The summed E-state index contributed by atoms with van der Waals surface area (Å²) in [5.74, 6) is -0.987. The number of hydrogen-bond donors (Lipinski definition) is 0. The first kappa shape index (κ1) is 19.5. The molecule has 2 rings (SSSR count). The number of methoxy groups -OCH3 is 2. The number of fused-ring (bicyclic) bond motifs is 1. The largest absolute Gasteiger partial charge is 0.468 e. The van der Waals surface area contributed by atoms with Crippen LogP contribution in [-0.4, -0.2) is 26.2 Å². The molecule has 0 N–H and O–H groups in total. The Bertz CT molecular complexity index is 617. The molecule has 0 heterocycles. The highest BCUT2D eigenvalue weighted by Crippen LogP contribution is 2.41. The van der Waals surface area contributed by atoms with Crippen LogP contribution in [0.5, 0.6) is 0 Å². The fourth-order valence-electron chi connectivity index (χ4n) is 3.82. The van der Waals surface area contributed by atoms with Gasteiger partial charge in [-0.1, -0.05) is 38.8 Å². The molecule has 1 aromatic rings. The molecule has 1 aliphatic carbocycles. The van der Waals surface area contributed by atoms with Gasteiger partial charge in [-0.3, -0.25) is 9.59 Å². The molecule has 0 atom stereocenters. The van der Waals surface area contributed by atoms with Gasteiger partial charge in [-0.15, -0.1) is 0 Å². The molecule has 25 heavy (non-hydrogen) atoms. The summed E-state index contributed by atoms with van der Waals surface area (Å²) in [6.07, 6.45) is 7.29. The minimum absolute atomic E-state index is 0.376. The van der Waals surface area contributed by atoms with E-state index in [1.807, 2.05) is 0 Å². The quantitative estimate of drug-likeness (QED) is 0.531. The van der Waals surface area contributed by atoms with Crippen LogP contribution in [0.3, 0.4) is 0 Å². The molecule has 0 aromatic heterocycles. The van der Waals surface area contributed by atoms with Gasteiger partial charge in [0.05, 0.1) is 14.2 Å². The number of carbonyl (C=O) groups is 2. The number of ether oxygens (including phenoxy) is 2. The Morgan fingerprint density at radius 3 is 2.12 bits per heavy atom. The molecule has 0 spiro atoms.